The first kappa shape index (κ1) is 17.0. The van der Waals surface area contributed by atoms with Crippen molar-refractivity contribution in [3.63, 3.8) is 0 Å². The van der Waals surface area contributed by atoms with Gasteiger partial charge >= 0.3 is 0 Å². The van der Waals surface area contributed by atoms with Crippen LogP contribution in [0.3, 0.4) is 0 Å². The molecule has 1 N–H and O–H groups in total. The smallest absolute Gasteiger partial charge is 0.223 e. The average molecular weight is 324 g/mol. The normalized spacial score (nSPS) is 23.2. The van der Waals surface area contributed by atoms with Crippen LogP contribution in [0.15, 0.2) is 24.3 Å². The Kier molecular flexibility index (Phi) is 5.59. The number of carbonyl (C=O) groups is 2. The van der Waals surface area contributed by atoms with E-state index < -0.39 is 6.10 Å². The molecule has 2 rings (SSSR count). The van der Waals surface area contributed by atoms with Gasteiger partial charge in [-0.3, -0.25) is 9.59 Å². The lowest BCUT2D eigenvalue weighted by molar-refractivity contribution is -0.136. The largest absolute Gasteiger partial charge is 0.391 e. The highest BCUT2D eigenvalue weighted by Crippen LogP contribution is 2.20. The lowest BCUT2D eigenvalue weighted by Crippen LogP contribution is -2.46. The predicted molar refractivity (Wildman–Crippen MR) is 85.9 cm³/mol. The first-order chi connectivity index (χ1) is 10.4. The molecule has 3 atom stereocenters. The number of carbonyl (C=O) groups excluding carboxylic acids is 2. The molecule has 0 spiro atoms. The number of piperidine rings is 1. The Bertz CT molecular complexity index is 543. The summed E-state index contributed by atoms with van der Waals surface area (Å²) in [4.78, 5) is 26.3. The highest BCUT2D eigenvalue weighted by Gasteiger charge is 2.29. The van der Waals surface area contributed by atoms with Crippen LogP contribution in [0.2, 0.25) is 5.02 Å². The van der Waals surface area contributed by atoms with Crippen molar-refractivity contribution in [1.29, 1.82) is 0 Å². The summed E-state index contributed by atoms with van der Waals surface area (Å²) in [5, 5.41) is 10.5. The summed E-state index contributed by atoms with van der Waals surface area (Å²) < 4.78 is 0. The summed E-state index contributed by atoms with van der Waals surface area (Å²) in [5.74, 6) is -0.293. The first-order valence-electron chi connectivity index (χ1n) is 7.64. The molecular weight excluding hydrogens is 302 g/mol. The number of hydrogen-bond donors (Lipinski definition) is 1. The quantitative estimate of drug-likeness (QED) is 0.867. The molecule has 1 amide bonds. The highest BCUT2D eigenvalue weighted by atomic mass is 35.5. The molecule has 1 saturated heterocycles. The number of rotatable bonds is 4. The van der Waals surface area contributed by atoms with Gasteiger partial charge < -0.3 is 10.0 Å². The van der Waals surface area contributed by atoms with E-state index in [2.05, 4.69) is 0 Å². The fourth-order valence-electron chi connectivity index (χ4n) is 2.66. The molecule has 1 fully saturated rings. The van der Waals surface area contributed by atoms with E-state index in [1.165, 1.54) is 0 Å². The minimum Gasteiger partial charge on any atom is -0.391 e. The number of ketones is 1. The number of β-amino-alcohol motifs (C(OH)–C–C–N with tert-alkyl or cyclic N) is 1. The van der Waals surface area contributed by atoms with Crippen molar-refractivity contribution in [2.24, 2.45) is 11.8 Å². The standard InChI is InChI=1S/C17H22ClNO3/c1-11-7-8-19(10-15(11)20)16(21)9-12(2)17(22)13-3-5-14(18)6-4-13/h3-6,11-12,15,20H,7-10H2,1-2H3/t11-,12+,15+/m0/s1. The monoisotopic (exact) mass is 323 g/mol. The number of benzene rings is 1. The van der Waals surface area contributed by atoms with Gasteiger partial charge in [-0.15, -0.1) is 0 Å². The van der Waals surface area contributed by atoms with Crippen LogP contribution in [0.25, 0.3) is 0 Å². The summed E-state index contributed by atoms with van der Waals surface area (Å²) in [6.07, 6.45) is 0.495. The third-order valence-electron chi connectivity index (χ3n) is 4.33. The van der Waals surface area contributed by atoms with Gasteiger partial charge in [0.25, 0.3) is 0 Å². The van der Waals surface area contributed by atoms with Gasteiger partial charge in [-0.1, -0.05) is 25.4 Å². The van der Waals surface area contributed by atoms with Crippen LogP contribution in [-0.2, 0) is 4.79 Å². The number of nitrogens with zero attached hydrogens (tertiary/aromatic N) is 1. The molecule has 22 heavy (non-hydrogen) atoms. The summed E-state index contributed by atoms with van der Waals surface area (Å²) in [5.41, 5.74) is 0.567. The predicted octanol–water partition coefficient (Wildman–Crippen LogP) is 2.78. The van der Waals surface area contributed by atoms with Crippen LogP contribution in [0.1, 0.15) is 37.0 Å². The first-order valence-corrected chi connectivity index (χ1v) is 8.02. The van der Waals surface area contributed by atoms with Crippen molar-refractivity contribution >= 4 is 23.3 Å². The molecule has 1 aromatic rings. The van der Waals surface area contributed by atoms with E-state index in [0.717, 1.165) is 6.42 Å². The molecule has 1 aliphatic heterocycles. The molecule has 120 valence electrons. The lowest BCUT2D eigenvalue weighted by atomic mass is 9.93. The fourth-order valence-corrected chi connectivity index (χ4v) is 2.78. The van der Waals surface area contributed by atoms with Crippen LogP contribution in [0.4, 0.5) is 0 Å². The molecule has 0 saturated carbocycles. The van der Waals surface area contributed by atoms with E-state index in [1.807, 2.05) is 6.92 Å². The Labute approximate surface area is 136 Å². The zero-order valence-electron chi connectivity index (χ0n) is 13.0. The molecule has 0 aromatic heterocycles. The van der Waals surface area contributed by atoms with Crippen LogP contribution in [0.5, 0.6) is 0 Å². The number of likely N-dealkylation sites (tertiary alicyclic amines) is 1. The van der Waals surface area contributed by atoms with Gasteiger partial charge in [0.15, 0.2) is 5.78 Å². The van der Waals surface area contributed by atoms with Crippen molar-refractivity contribution in [2.45, 2.75) is 32.8 Å². The molecule has 1 heterocycles. The molecule has 1 aliphatic rings. The number of aliphatic hydroxyl groups is 1. The second-order valence-corrected chi connectivity index (χ2v) is 6.59. The molecule has 0 unspecified atom stereocenters. The van der Waals surface area contributed by atoms with E-state index in [1.54, 1.807) is 36.1 Å². The maximum Gasteiger partial charge on any atom is 0.223 e. The van der Waals surface area contributed by atoms with Crippen molar-refractivity contribution < 1.29 is 14.7 Å². The second kappa shape index (κ2) is 7.25. The molecule has 5 heteroatoms. The van der Waals surface area contributed by atoms with Gasteiger partial charge in [-0.05, 0) is 36.6 Å². The molecule has 4 nitrogen and oxygen atoms in total. The van der Waals surface area contributed by atoms with E-state index in [4.69, 9.17) is 11.6 Å². The summed E-state index contributed by atoms with van der Waals surface area (Å²) in [6, 6.07) is 6.70. The molecule has 1 aromatic carbocycles. The number of aliphatic hydroxyl groups excluding tert-OH is 1. The van der Waals surface area contributed by atoms with Gasteiger partial charge in [-0.25, -0.2) is 0 Å². The molecular formula is C17H22ClNO3. The number of halogens is 1. The number of amides is 1. The third-order valence-corrected chi connectivity index (χ3v) is 4.58. The third kappa shape index (κ3) is 4.08. The Morgan fingerprint density at radius 1 is 1.36 bits per heavy atom. The maximum atomic E-state index is 12.3. The van der Waals surface area contributed by atoms with Crippen molar-refractivity contribution in [3.8, 4) is 0 Å². The zero-order chi connectivity index (χ0) is 16.3. The van der Waals surface area contributed by atoms with Gasteiger partial charge in [-0.2, -0.15) is 0 Å². The lowest BCUT2D eigenvalue weighted by Gasteiger charge is -2.34. The summed E-state index contributed by atoms with van der Waals surface area (Å²) in [7, 11) is 0. The van der Waals surface area contributed by atoms with Crippen LogP contribution in [0, 0.1) is 11.8 Å². The topological polar surface area (TPSA) is 57.6 Å². The molecule has 0 radical (unpaired) electrons. The van der Waals surface area contributed by atoms with Crippen molar-refractivity contribution in [3.05, 3.63) is 34.9 Å². The van der Waals surface area contributed by atoms with E-state index in [9.17, 15) is 14.7 Å². The average Bonchev–Trinajstić information content (AvgIpc) is 2.50. The van der Waals surface area contributed by atoms with E-state index >= 15 is 0 Å². The number of hydrogen-bond acceptors (Lipinski definition) is 3. The van der Waals surface area contributed by atoms with Crippen molar-refractivity contribution in [2.75, 3.05) is 13.1 Å². The molecule has 0 bridgehead atoms. The van der Waals surface area contributed by atoms with Crippen LogP contribution >= 0.6 is 11.6 Å². The maximum absolute atomic E-state index is 12.3. The van der Waals surface area contributed by atoms with Gasteiger partial charge in [0.1, 0.15) is 0 Å². The zero-order valence-corrected chi connectivity index (χ0v) is 13.7. The van der Waals surface area contributed by atoms with Gasteiger partial charge in [0.05, 0.1) is 6.10 Å². The minimum atomic E-state index is -0.472. The van der Waals surface area contributed by atoms with Gasteiger partial charge in [0, 0.05) is 36.0 Å². The van der Waals surface area contributed by atoms with Gasteiger partial charge in [0.2, 0.25) is 5.91 Å². The SMILES string of the molecule is C[C@H](CC(=O)N1CC[C@H](C)[C@H](O)C1)C(=O)c1ccc(Cl)cc1. The van der Waals surface area contributed by atoms with Crippen LogP contribution in [-0.4, -0.2) is 40.9 Å². The Balaban J connectivity index is 1.93. The second-order valence-electron chi connectivity index (χ2n) is 6.15. The Hall–Kier alpha value is -1.39. The Morgan fingerprint density at radius 2 is 2.00 bits per heavy atom. The Morgan fingerprint density at radius 3 is 2.59 bits per heavy atom. The van der Waals surface area contributed by atoms with E-state index in [0.29, 0.717) is 23.7 Å². The minimum absolute atomic E-state index is 0.0593. The fraction of sp³-hybridized carbons (Fsp3) is 0.529. The van der Waals surface area contributed by atoms with Crippen molar-refractivity contribution in [1.82, 2.24) is 4.90 Å². The number of Topliss-reactive ketones (excluding diaryl/α,β-unsaturated/α-hetero) is 1. The van der Waals surface area contributed by atoms with E-state index in [-0.39, 0.29) is 29.9 Å². The van der Waals surface area contributed by atoms with Crippen LogP contribution < -0.4 is 0 Å². The molecule has 0 aliphatic carbocycles. The highest BCUT2D eigenvalue weighted by molar-refractivity contribution is 6.30. The summed E-state index contributed by atoms with van der Waals surface area (Å²) in [6.45, 7) is 4.76. The summed E-state index contributed by atoms with van der Waals surface area (Å²) >= 11 is 5.81.